The number of fused-ring (bicyclic) bond motifs is 1. The smallest absolute Gasteiger partial charge is 0.0356 e. The highest BCUT2D eigenvalue weighted by atomic mass is 15.2. The fraction of sp³-hybridized carbons (Fsp3) is 0.364. The molecule has 1 unspecified atom stereocenters. The van der Waals surface area contributed by atoms with Gasteiger partial charge in [-0.15, -0.1) is 0 Å². The lowest BCUT2D eigenvalue weighted by Gasteiger charge is -2.35. The zero-order valence-electron chi connectivity index (χ0n) is 14.1. The van der Waals surface area contributed by atoms with Crippen LogP contribution in [0, 0.1) is 0 Å². The van der Waals surface area contributed by atoms with Crippen molar-refractivity contribution in [3.8, 4) is 0 Å². The van der Waals surface area contributed by atoms with Crippen molar-refractivity contribution in [1.82, 2.24) is 9.47 Å². The molecule has 1 aliphatic carbocycles. The van der Waals surface area contributed by atoms with E-state index < -0.39 is 0 Å². The van der Waals surface area contributed by atoms with Gasteiger partial charge in [0.1, 0.15) is 0 Å². The van der Waals surface area contributed by atoms with Crippen molar-refractivity contribution >= 4 is 10.8 Å². The zero-order chi connectivity index (χ0) is 15.9. The first-order valence-electron chi connectivity index (χ1n) is 9.28. The van der Waals surface area contributed by atoms with Gasteiger partial charge in [-0.05, 0) is 53.1 Å². The van der Waals surface area contributed by atoms with E-state index in [-0.39, 0.29) is 0 Å². The van der Waals surface area contributed by atoms with E-state index in [4.69, 9.17) is 0 Å². The molecule has 5 rings (SSSR count). The number of aryl methyl sites for hydroxylation is 2. The molecule has 2 aliphatic rings. The molecule has 3 aromatic rings. The zero-order valence-corrected chi connectivity index (χ0v) is 14.1. The van der Waals surface area contributed by atoms with E-state index in [1.54, 1.807) is 16.7 Å². The minimum absolute atomic E-state index is 0.689. The Bertz CT molecular complexity index is 844. The molecule has 0 saturated carbocycles. The van der Waals surface area contributed by atoms with Crippen molar-refractivity contribution in [3.05, 3.63) is 71.5 Å². The molecule has 1 atom stereocenters. The lowest BCUT2D eigenvalue weighted by Crippen LogP contribution is -2.35. The Labute approximate surface area is 143 Å². The monoisotopic (exact) mass is 316 g/mol. The predicted molar refractivity (Wildman–Crippen MR) is 99.3 cm³/mol. The second kappa shape index (κ2) is 5.78. The third-order valence-electron chi connectivity index (χ3n) is 5.88. The third-order valence-corrected chi connectivity index (χ3v) is 5.88. The highest BCUT2D eigenvalue weighted by molar-refractivity contribution is 5.82. The van der Waals surface area contributed by atoms with Gasteiger partial charge < -0.3 is 4.57 Å². The average molecular weight is 316 g/mol. The van der Waals surface area contributed by atoms with Crippen LogP contribution < -0.4 is 0 Å². The number of rotatable bonds is 4. The lowest BCUT2D eigenvalue weighted by molar-refractivity contribution is 0.181. The van der Waals surface area contributed by atoms with E-state index in [1.165, 1.54) is 49.5 Å². The highest BCUT2D eigenvalue weighted by Crippen LogP contribution is 2.41. The highest BCUT2D eigenvalue weighted by Gasteiger charge is 2.32. The summed E-state index contributed by atoms with van der Waals surface area (Å²) in [6, 6.07) is 16.3. The summed E-state index contributed by atoms with van der Waals surface area (Å²) >= 11 is 0. The Kier molecular flexibility index (Phi) is 3.45. The molecular weight excluding hydrogens is 292 g/mol. The van der Waals surface area contributed by atoms with E-state index in [2.05, 4.69) is 64.3 Å². The van der Waals surface area contributed by atoms with Crippen molar-refractivity contribution < 1.29 is 0 Å². The lowest BCUT2D eigenvalue weighted by atomic mass is 9.93. The molecule has 1 aliphatic heterocycles. The van der Waals surface area contributed by atoms with Crippen LogP contribution in [0.2, 0.25) is 0 Å². The van der Waals surface area contributed by atoms with Crippen LogP contribution in [-0.4, -0.2) is 22.6 Å². The van der Waals surface area contributed by atoms with Gasteiger partial charge in [0, 0.05) is 38.1 Å². The van der Waals surface area contributed by atoms with Gasteiger partial charge in [0.2, 0.25) is 0 Å². The van der Waals surface area contributed by atoms with Gasteiger partial charge in [-0.25, -0.2) is 0 Å². The van der Waals surface area contributed by atoms with Crippen molar-refractivity contribution in [2.24, 2.45) is 0 Å². The summed E-state index contributed by atoms with van der Waals surface area (Å²) in [5.74, 6) is 0. The molecule has 2 nitrogen and oxygen atoms in total. The normalized spacial score (nSPS) is 19.8. The van der Waals surface area contributed by atoms with Crippen LogP contribution in [0.15, 0.2) is 54.9 Å². The van der Waals surface area contributed by atoms with Gasteiger partial charge in [-0.1, -0.05) is 42.5 Å². The van der Waals surface area contributed by atoms with E-state index in [0.717, 1.165) is 6.54 Å². The molecule has 0 fully saturated rings. The van der Waals surface area contributed by atoms with Crippen LogP contribution in [0.5, 0.6) is 0 Å². The van der Waals surface area contributed by atoms with Crippen molar-refractivity contribution in [2.45, 2.75) is 38.3 Å². The molecule has 24 heavy (non-hydrogen) atoms. The van der Waals surface area contributed by atoms with Crippen LogP contribution in [0.25, 0.3) is 10.8 Å². The molecule has 0 amide bonds. The summed E-state index contributed by atoms with van der Waals surface area (Å²) in [4.78, 5) is 2.74. The maximum absolute atomic E-state index is 2.74. The Morgan fingerprint density at radius 3 is 2.38 bits per heavy atom. The SMILES string of the molecule is c1cc2c3c(c1)CCN(CCCn1cc4ccccc4c1)C3CC2. The second-order valence-electron chi connectivity index (χ2n) is 7.31. The molecule has 0 N–H and O–H groups in total. The predicted octanol–water partition coefficient (Wildman–Crippen LogP) is 4.58. The Morgan fingerprint density at radius 1 is 0.833 bits per heavy atom. The van der Waals surface area contributed by atoms with Crippen molar-refractivity contribution in [3.63, 3.8) is 0 Å². The second-order valence-corrected chi connectivity index (χ2v) is 7.31. The van der Waals surface area contributed by atoms with Crippen LogP contribution in [-0.2, 0) is 19.4 Å². The summed E-state index contributed by atoms with van der Waals surface area (Å²) < 4.78 is 2.36. The minimum atomic E-state index is 0.689. The quantitative estimate of drug-likeness (QED) is 0.684. The van der Waals surface area contributed by atoms with Gasteiger partial charge in [-0.3, -0.25) is 4.90 Å². The van der Waals surface area contributed by atoms with E-state index in [0.29, 0.717) is 6.04 Å². The van der Waals surface area contributed by atoms with Gasteiger partial charge in [0.15, 0.2) is 0 Å². The average Bonchev–Trinajstić information content (AvgIpc) is 3.22. The van der Waals surface area contributed by atoms with Crippen LogP contribution in [0.1, 0.15) is 35.6 Å². The molecule has 1 aromatic heterocycles. The largest absolute Gasteiger partial charge is 0.353 e. The molecular formula is C22H24N2. The van der Waals surface area contributed by atoms with E-state index >= 15 is 0 Å². The summed E-state index contributed by atoms with van der Waals surface area (Å²) in [5, 5.41) is 2.70. The first-order valence-corrected chi connectivity index (χ1v) is 9.28. The van der Waals surface area contributed by atoms with E-state index in [9.17, 15) is 0 Å². The molecule has 0 radical (unpaired) electrons. The first kappa shape index (κ1) is 14.3. The number of nitrogens with zero attached hydrogens (tertiary/aromatic N) is 2. The van der Waals surface area contributed by atoms with Gasteiger partial charge in [0.05, 0.1) is 0 Å². The standard InChI is InChI=1S/C22H24N2/c1-2-6-20-16-23(15-19(20)5-1)12-4-13-24-14-11-18-8-3-7-17-9-10-21(24)22(17)18/h1-3,5-8,15-16,21H,4,9-14H2. The Morgan fingerprint density at radius 2 is 1.58 bits per heavy atom. The van der Waals surface area contributed by atoms with Gasteiger partial charge in [0.25, 0.3) is 0 Å². The van der Waals surface area contributed by atoms with Crippen LogP contribution in [0.4, 0.5) is 0 Å². The summed E-state index contributed by atoms with van der Waals surface area (Å²) in [6.07, 6.45) is 9.62. The first-order chi connectivity index (χ1) is 11.9. The molecule has 0 spiro atoms. The van der Waals surface area contributed by atoms with Gasteiger partial charge >= 0.3 is 0 Å². The fourth-order valence-corrected chi connectivity index (χ4v) is 4.75. The molecule has 122 valence electrons. The summed E-state index contributed by atoms with van der Waals surface area (Å²) in [5.41, 5.74) is 4.90. The fourth-order valence-electron chi connectivity index (χ4n) is 4.75. The number of hydrogen-bond acceptors (Lipinski definition) is 1. The molecule has 0 saturated heterocycles. The number of aromatic nitrogens is 1. The summed E-state index contributed by atoms with van der Waals surface area (Å²) in [7, 11) is 0. The minimum Gasteiger partial charge on any atom is -0.353 e. The van der Waals surface area contributed by atoms with Crippen molar-refractivity contribution in [2.75, 3.05) is 13.1 Å². The molecule has 2 aromatic carbocycles. The third kappa shape index (κ3) is 2.37. The maximum Gasteiger partial charge on any atom is 0.0356 e. The molecule has 2 heterocycles. The topological polar surface area (TPSA) is 8.17 Å². The number of benzene rings is 2. The van der Waals surface area contributed by atoms with Crippen LogP contribution in [0.3, 0.4) is 0 Å². The summed E-state index contributed by atoms with van der Waals surface area (Å²) in [6.45, 7) is 3.56. The van der Waals surface area contributed by atoms with Crippen LogP contribution >= 0.6 is 0 Å². The Hall–Kier alpha value is -2.06. The Balaban J connectivity index is 1.26. The number of hydrogen-bond donors (Lipinski definition) is 0. The van der Waals surface area contributed by atoms with E-state index in [1.807, 2.05) is 0 Å². The molecule has 0 bridgehead atoms. The van der Waals surface area contributed by atoms with Gasteiger partial charge in [-0.2, -0.15) is 0 Å². The maximum atomic E-state index is 2.74. The molecule has 2 heteroatoms. The van der Waals surface area contributed by atoms with Crippen molar-refractivity contribution in [1.29, 1.82) is 0 Å².